The van der Waals surface area contributed by atoms with Gasteiger partial charge >= 0.3 is 0 Å². The van der Waals surface area contributed by atoms with Crippen molar-refractivity contribution in [3.63, 3.8) is 0 Å². The molecule has 90 valence electrons. The summed E-state index contributed by atoms with van der Waals surface area (Å²) in [4.78, 5) is 16.4. The van der Waals surface area contributed by atoms with Crippen molar-refractivity contribution in [1.82, 2.24) is 9.88 Å². The highest BCUT2D eigenvalue weighted by molar-refractivity contribution is 7.91. The molecule has 2 heterocycles. The largest absolute Gasteiger partial charge is 0.374 e. The van der Waals surface area contributed by atoms with E-state index in [0.717, 1.165) is 0 Å². The molecular formula is C10H13BN2O3S. The van der Waals surface area contributed by atoms with Crippen LogP contribution in [0.15, 0.2) is 6.20 Å². The Bertz CT molecular complexity index is 536. The SMILES string of the molecule is [B]c1[nH]cc(C(=O)N2CCS(=O)(=O)CC2)c1C. The van der Waals surface area contributed by atoms with E-state index in [9.17, 15) is 13.2 Å². The summed E-state index contributed by atoms with van der Waals surface area (Å²) in [5.74, 6) is -0.0830. The number of rotatable bonds is 1. The highest BCUT2D eigenvalue weighted by Crippen LogP contribution is 2.11. The van der Waals surface area contributed by atoms with E-state index in [1.807, 2.05) is 0 Å². The van der Waals surface area contributed by atoms with E-state index in [1.165, 1.54) is 0 Å². The fourth-order valence-corrected chi connectivity index (χ4v) is 3.02. The van der Waals surface area contributed by atoms with Crippen molar-refractivity contribution < 1.29 is 13.2 Å². The Kier molecular flexibility index (Phi) is 3.03. The fraction of sp³-hybridized carbons (Fsp3) is 0.500. The van der Waals surface area contributed by atoms with Gasteiger partial charge in [0.25, 0.3) is 5.91 Å². The maximum Gasteiger partial charge on any atom is 0.255 e. The highest BCUT2D eigenvalue weighted by Gasteiger charge is 2.26. The van der Waals surface area contributed by atoms with Gasteiger partial charge in [0.2, 0.25) is 0 Å². The van der Waals surface area contributed by atoms with Crippen LogP contribution in [-0.4, -0.2) is 56.7 Å². The van der Waals surface area contributed by atoms with Gasteiger partial charge in [0.05, 0.1) is 17.1 Å². The Hall–Kier alpha value is -1.24. The Balaban J connectivity index is 2.15. The summed E-state index contributed by atoms with van der Waals surface area (Å²) in [6.45, 7) is 2.27. The van der Waals surface area contributed by atoms with Gasteiger partial charge in [0.1, 0.15) is 7.85 Å². The molecule has 1 aromatic heterocycles. The minimum absolute atomic E-state index is 0.0394. The van der Waals surface area contributed by atoms with Crippen LogP contribution < -0.4 is 5.59 Å². The van der Waals surface area contributed by atoms with Gasteiger partial charge in [-0.25, -0.2) is 8.42 Å². The molecule has 1 aromatic rings. The Morgan fingerprint density at radius 3 is 2.47 bits per heavy atom. The zero-order valence-electron chi connectivity index (χ0n) is 9.56. The van der Waals surface area contributed by atoms with E-state index < -0.39 is 9.84 Å². The molecule has 7 heteroatoms. The van der Waals surface area contributed by atoms with Gasteiger partial charge in [-0.2, -0.15) is 0 Å². The van der Waals surface area contributed by atoms with Crippen molar-refractivity contribution in [3.8, 4) is 0 Å². The maximum absolute atomic E-state index is 12.1. The molecule has 5 nitrogen and oxygen atoms in total. The number of hydrogen-bond donors (Lipinski definition) is 1. The molecule has 1 amide bonds. The molecule has 1 aliphatic rings. The van der Waals surface area contributed by atoms with Crippen molar-refractivity contribution in [1.29, 1.82) is 0 Å². The number of nitrogens with one attached hydrogen (secondary N) is 1. The van der Waals surface area contributed by atoms with E-state index in [-0.39, 0.29) is 30.5 Å². The molecule has 17 heavy (non-hydrogen) atoms. The van der Waals surface area contributed by atoms with Crippen molar-refractivity contribution in [2.75, 3.05) is 24.6 Å². The van der Waals surface area contributed by atoms with Crippen LogP contribution in [-0.2, 0) is 9.84 Å². The van der Waals surface area contributed by atoms with Crippen molar-refractivity contribution in [2.24, 2.45) is 0 Å². The minimum Gasteiger partial charge on any atom is -0.374 e. The van der Waals surface area contributed by atoms with Gasteiger partial charge in [-0.15, -0.1) is 0 Å². The number of carbonyl (C=O) groups excluding carboxylic acids is 1. The molecule has 1 saturated heterocycles. The number of amides is 1. The number of H-pyrrole nitrogens is 1. The average Bonchev–Trinajstić information content (AvgIpc) is 2.59. The predicted octanol–water partition coefficient (Wildman–Crippen LogP) is -1.01. The lowest BCUT2D eigenvalue weighted by molar-refractivity contribution is 0.0770. The Labute approximate surface area is 102 Å². The zero-order chi connectivity index (χ0) is 12.6. The molecule has 2 radical (unpaired) electrons. The summed E-state index contributed by atoms with van der Waals surface area (Å²) in [5, 5.41) is 0. The molecule has 0 atom stereocenters. The number of carbonyl (C=O) groups is 1. The third-order valence-electron chi connectivity index (χ3n) is 3.04. The van der Waals surface area contributed by atoms with Gasteiger partial charge in [0, 0.05) is 19.3 Å². The van der Waals surface area contributed by atoms with Crippen LogP contribution >= 0.6 is 0 Å². The van der Waals surface area contributed by atoms with Gasteiger partial charge in [-0.3, -0.25) is 4.79 Å². The van der Waals surface area contributed by atoms with Gasteiger partial charge in [-0.05, 0) is 18.1 Å². The molecule has 2 rings (SSSR count). The summed E-state index contributed by atoms with van der Waals surface area (Å²) in [5.41, 5.74) is 1.70. The lowest BCUT2D eigenvalue weighted by Crippen LogP contribution is -2.43. The minimum atomic E-state index is -2.96. The number of hydrogen-bond acceptors (Lipinski definition) is 3. The number of sulfone groups is 1. The first-order chi connectivity index (χ1) is 7.91. The van der Waals surface area contributed by atoms with E-state index in [1.54, 1.807) is 18.0 Å². The second-order valence-corrected chi connectivity index (χ2v) is 6.49. The lowest BCUT2D eigenvalue weighted by atomic mass is 9.98. The van der Waals surface area contributed by atoms with Crippen LogP contribution in [0.2, 0.25) is 0 Å². The summed E-state index contributed by atoms with van der Waals surface area (Å²) in [6, 6.07) is 0. The monoisotopic (exact) mass is 252 g/mol. The van der Waals surface area contributed by atoms with Crippen LogP contribution in [0.5, 0.6) is 0 Å². The third-order valence-corrected chi connectivity index (χ3v) is 4.65. The molecule has 0 spiro atoms. The van der Waals surface area contributed by atoms with Crippen molar-refractivity contribution in [2.45, 2.75) is 6.92 Å². The van der Waals surface area contributed by atoms with Crippen molar-refractivity contribution in [3.05, 3.63) is 17.3 Å². The van der Waals surface area contributed by atoms with Crippen LogP contribution in [0, 0.1) is 6.92 Å². The molecule has 0 aromatic carbocycles. The zero-order valence-corrected chi connectivity index (χ0v) is 10.4. The Morgan fingerprint density at radius 2 is 2.00 bits per heavy atom. The summed E-state index contributed by atoms with van der Waals surface area (Å²) in [7, 11) is 2.67. The summed E-state index contributed by atoms with van der Waals surface area (Å²) >= 11 is 0. The predicted molar refractivity (Wildman–Crippen MR) is 65.5 cm³/mol. The second-order valence-electron chi connectivity index (χ2n) is 4.19. The quantitative estimate of drug-likeness (QED) is 0.651. The molecule has 0 unspecified atom stereocenters. The van der Waals surface area contributed by atoms with E-state index in [4.69, 9.17) is 7.85 Å². The molecular weight excluding hydrogens is 239 g/mol. The van der Waals surface area contributed by atoms with E-state index in [2.05, 4.69) is 4.98 Å². The smallest absolute Gasteiger partial charge is 0.255 e. The topological polar surface area (TPSA) is 70.2 Å². The summed E-state index contributed by atoms with van der Waals surface area (Å²) in [6.07, 6.45) is 1.57. The first kappa shape index (κ1) is 12.2. The van der Waals surface area contributed by atoms with Crippen LogP contribution in [0.4, 0.5) is 0 Å². The molecule has 1 fully saturated rings. The fourth-order valence-electron chi connectivity index (χ4n) is 1.82. The first-order valence-electron chi connectivity index (χ1n) is 5.34. The van der Waals surface area contributed by atoms with Gasteiger partial charge in [0.15, 0.2) is 9.84 Å². The lowest BCUT2D eigenvalue weighted by Gasteiger charge is -2.26. The standard InChI is InChI=1S/C10H13BN2O3S/c1-7-8(6-12-9(7)11)10(14)13-2-4-17(15,16)5-3-13/h6,12H,2-5H2,1H3. The second kappa shape index (κ2) is 4.21. The van der Waals surface area contributed by atoms with Gasteiger partial charge in [-0.1, -0.05) is 0 Å². The molecule has 0 aliphatic carbocycles. The summed E-state index contributed by atoms with van der Waals surface area (Å²) < 4.78 is 22.5. The van der Waals surface area contributed by atoms with Gasteiger partial charge < -0.3 is 9.88 Å². The maximum atomic E-state index is 12.1. The third kappa shape index (κ3) is 2.38. The average molecular weight is 252 g/mol. The van der Waals surface area contributed by atoms with Crippen LogP contribution in [0.3, 0.4) is 0 Å². The van der Waals surface area contributed by atoms with E-state index >= 15 is 0 Å². The highest BCUT2D eigenvalue weighted by atomic mass is 32.2. The molecule has 0 bridgehead atoms. The Morgan fingerprint density at radius 1 is 1.41 bits per heavy atom. The van der Waals surface area contributed by atoms with Crippen LogP contribution in [0.1, 0.15) is 15.9 Å². The number of nitrogens with zero attached hydrogens (tertiary/aromatic N) is 1. The normalized spacial score (nSPS) is 19.2. The number of aromatic nitrogens is 1. The molecule has 0 saturated carbocycles. The van der Waals surface area contributed by atoms with E-state index in [0.29, 0.717) is 16.7 Å². The molecule has 1 N–H and O–H groups in total. The molecule has 1 aliphatic heterocycles. The van der Waals surface area contributed by atoms with Crippen molar-refractivity contribution >= 4 is 29.2 Å². The number of aromatic amines is 1. The van der Waals surface area contributed by atoms with Crippen LogP contribution in [0.25, 0.3) is 0 Å². The first-order valence-corrected chi connectivity index (χ1v) is 7.16.